The quantitative estimate of drug-likeness (QED) is 0.483. The van der Waals surface area contributed by atoms with Crippen LogP contribution in [-0.2, 0) is 4.79 Å². The van der Waals surface area contributed by atoms with Crippen molar-refractivity contribution >= 4 is 29.4 Å². The van der Waals surface area contributed by atoms with Gasteiger partial charge in [0, 0.05) is 24.7 Å². The lowest BCUT2D eigenvalue weighted by Crippen LogP contribution is -2.35. The molecule has 0 aliphatic heterocycles. The zero-order chi connectivity index (χ0) is 20.7. The van der Waals surface area contributed by atoms with Gasteiger partial charge in [-0.25, -0.2) is 0 Å². The first-order valence-corrected chi connectivity index (χ1v) is 9.32. The minimum Gasteiger partial charge on any atom is -0.490 e. The van der Waals surface area contributed by atoms with Crippen LogP contribution in [0.1, 0.15) is 29.8 Å². The molecule has 0 saturated heterocycles. The van der Waals surface area contributed by atoms with Crippen LogP contribution in [0.2, 0.25) is 5.02 Å². The van der Waals surface area contributed by atoms with E-state index in [-0.39, 0.29) is 11.7 Å². The average Bonchev–Trinajstić information content (AvgIpc) is 2.67. The molecule has 5 nitrogen and oxygen atoms in total. The number of rotatable bonds is 8. The van der Waals surface area contributed by atoms with Crippen molar-refractivity contribution in [3.05, 3.63) is 64.7 Å². The van der Waals surface area contributed by atoms with Crippen LogP contribution < -0.4 is 9.47 Å². The second kappa shape index (κ2) is 9.95. The number of hydrogen-bond acceptors (Lipinski definition) is 4. The Morgan fingerprint density at radius 3 is 2.39 bits per heavy atom. The molecule has 2 aromatic rings. The average molecular weight is 402 g/mol. The van der Waals surface area contributed by atoms with Gasteiger partial charge >= 0.3 is 0 Å². The topological polar surface area (TPSA) is 55.8 Å². The van der Waals surface area contributed by atoms with Gasteiger partial charge in [0.2, 0.25) is 0 Å². The molecule has 0 aliphatic carbocycles. The fourth-order valence-corrected chi connectivity index (χ4v) is 2.61. The molecule has 0 radical (unpaired) electrons. The van der Waals surface area contributed by atoms with Gasteiger partial charge in [-0.3, -0.25) is 9.59 Å². The van der Waals surface area contributed by atoms with E-state index in [1.165, 1.54) is 11.0 Å². The molecule has 2 rings (SSSR count). The molecule has 0 spiro atoms. The molecule has 0 N–H and O–H groups in total. The third kappa shape index (κ3) is 5.86. The first-order valence-electron chi connectivity index (χ1n) is 8.94. The van der Waals surface area contributed by atoms with E-state index in [2.05, 4.69) is 0 Å². The highest BCUT2D eigenvalue weighted by Crippen LogP contribution is 2.30. The Morgan fingerprint density at radius 1 is 1.11 bits per heavy atom. The molecule has 28 heavy (non-hydrogen) atoms. The predicted molar refractivity (Wildman–Crippen MR) is 111 cm³/mol. The van der Waals surface area contributed by atoms with Gasteiger partial charge in [-0.1, -0.05) is 23.7 Å². The van der Waals surface area contributed by atoms with Gasteiger partial charge in [0.25, 0.3) is 5.91 Å². The van der Waals surface area contributed by atoms with Crippen molar-refractivity contribution in [1.82, 2.24) is 4.90 Å². The number of ketones is 1. The normalized spacial score (nSPS) is 11.9. The Balaban J connectivity index is 2.17. The standard InChI is InChI=1S/C22H24ClNO4/c1-5-27-21-14-16(6-12-19(25)17-8-10-18(23)11-9-17)7-13-20(21)28-15(2)22(26)24(3)4/h6-15H,5H2,1-4H3/b12-6+/t15-/m0/s1. The maximum Gasteiger partial charge on any atom is 0.262 e. The third-order valence-corrected chi connectivity index (χ3v) is 4.17. The molecule has 0 heterocycles. The summed E-state index contributed by atoms with van der Waals surface area (Å²) in [6.07, 6.45) is 2.56. The number of ether oxygens (including phenoxy) is 2. The van der Waals surface area contributed by atoms with Crippen LogP contribution in [0.3, 0.4) is 0 Å². The fraction of sp³-hybridized carbons (Fsp3) is 0.273. The Kier molecular flexibility index (Phi) is 7.64. The van der Waals surface area contributed by atoms with Gasteiger partial charge < -0.3 is 14.4 Å². The Labute approximate surface area is 170 Å². The minimum atomic E-state index is -0.637. The van der Waals surface area contributed by atoms with Crippen molar-refractivity contribution in [3.63, 3.8) is 0 Å². The van der Waals surface area contributed by atoms with E-state index >= 15 is 0 Å². The second-order valence-corrected chi connectivity index (χ2v) is 6.77. The molecule has 6 heteroatoms. The lowest BCUT2D eigenvalue weighted by molar-refractivity contribution is -0.135. The summed E-state index contributed by atoms with van der Waals surface area (Å²) in [5, 5.41) is 0.583. The highest BCUT2D eigenvalue weighted by atomic mass is 35.5. The summed E-state index contributed by atoms with van der Waals surface area (Å²) < 4.78 is 11.4. The van der Waals surface area contributed by atoms with Gasteiger partial charge in [0.05, 0.1) is 6.61 Å². The number of allylic oxidation sites excluding steroid dienone is 1. The highest BCUT2D eigenvalue weighted by Gasteiger charge is 2.18. The molecule has 0 aromatic heterocycles. The fourth-order valence-electron chi connectivity index (χ4n) is 2.48. The summed E-state index contributed by atoms with van der Waals surface area (Å²) in [5.74, 6) is 0.730. The Hall–Kier alpha value is -2.79. The van der Waals surface area contributed by atoms with E-state index in [1.807, 2.05) is 6.92 Å². The molecule has 1 atom stereocenters. The monoisotopic (exact) mass is 401 g/mol. The number of hydrogen-bond donors (Lipinski definition) is 0. The van der Waals surface area contributed by atoms with Gasteiger partial charge in [-0.2, -0.15) is 0 Å². The number of likely N-dealkylation sites (N-methyl/N-ethyl adjacent to an activating group) is 1. The third-order valence-electron chi connectivity index (χ3n) is 3.92. The molecule has 0 saturated carbocycles. The van der Waals surface area contributed by atoms with Crippen molar-refractivity contribution < 1.29 is 19.1 Å². The summed E-state index contributed by atoms with van der Waals surface area (Å²) >= 11 is 5.85. The van der Waals surface area contributed by atoms with E-state index in [9.17, 15) is 9.59 Å². The van der Waals surface area contributed by atoms with Crippen LogP contribution in [-0.4, -0.2) is 43.4 Å². The van der Waals surface area contributed by atoms with Crippen molar-refractivity contribution in [2.24, 2.45) is 0 Å². The molecule has 0 fully saturated rings. The van der Waals surface area contributed by atoms with Crippen LogP contribution in [0.4, 0.5) is 0 Å². The Morgan fingerprint density at radius 2 is 1.79 bits per heavy atom. The van der Waals surface area contributed by atoms with E-state index in [0.717, 1.165) is 5.56 Å². The number of carbonyl (C=O) groups is 2. The van der Waals surface area contributed by atoms with E-state index in [0.29, 0.717) is 28.7 Å². The van der Waals surface area contributed by atoms with Gasteiger partial charge in [0.1, 0.15) is 0 Å². The van der Waals surface area contributed by atoms with Crippen molar-refractivity contribution in [1.29, 1.82) is 0 Å². The van der Waals surface area contributed by atoms with E-state index < -0.39 is 6.10 Å². The van der Waals surface area contributed by atoms with Gasteiger partial charge in [-0.15, -0.1) is 0 Å². The van der Waals surface area contributed by atoms with Gasteiger partial charge in [-0.05, 0) is 61.9 Å². The van der Waals surface area contributed by atoms with Crippen LogP contribution in [0.5, 0.6) is 11.5 Å². The van der Waals surface area contributed by atoms with Crippen LogP contribution >= 0.6 is 11.6 Å². The zero-order valence-corrected chi connectivity index (χ0v) is 17.2. The largest absolute Gasteiger partial charge is 0.490 e. The number of nitrogens with zero attached hydrogens (tertiary/aromatic N) is 1. The first kappa shape index (κ1) is 21.5. The number of benzene rings is 2. The van der Waals surface area contributed by atoms with Crippen molar-refractivity contribution in [3.8, 4) is 11.5 Å². The maximum atomic E-state index is 12.3. The van der Waals surface area contributed by atoms with E-state index in [4.69, 9.17) is 21.1 Å². The molecule has 0 bridgehead atoms. The predicted octanol–water partition coefficient (Wildman–Crippen LogP) is 4.49. The zero-order valence-electron chi connectivity index (χ0n) is 16.4. The summed E-state index contributed by atoms with van der Waals surface area (Å²) in [7, 11) is 3.36. The maximum absolute atomic E-state index is 12.3. The molecule has 0 unspecified atom stereocenters. The number of halogens is 1. The lowest BCUT2D eigenvalue weighted by Gasteiger charge is -2.20. The number of carbonyl (C=O) groups excluding carboxylic acids is 2. The summed E-state index contributed by atoms with van der Waals surface area (Å²) in [6, 6.07) is 12.0. The highest BCUT2D eigenvalue weighted by molar-refractivity contribution is 6.30. The Bertz CT molecular complexity index is 859. The molecule has 148 valence electrons. The van der Waals surface area contributed by atoms with Crippen LogP contribution in [0.25, 0.3) is 6.08 Å². The lowest BCUT2D eigenvalue weighted by atomic mass is 10.1. The van der Waals surface area contributed by atoms with Crippen LogP contribution in [0, 0.1) is 0 Å². The summed E-state index contributed by atoms with van der Waals surface area (Å²) in [6.45, 7) is 4.00. The molecule has 1 amide bonds. The molecule has 0 aliphatic rings. The minimum absolute atomic E-state index is 0.125. The van der Waals surface area contributed by atoms with E-state index in [1.54, 1.807) is 69.6 Å². The first-order chi connectivity index (χ1) is 13.3. The summed E-state index contributed by atoms with van der Waals surface area (Å²) in [5.41, 5.74) is 1.34. The van der Waals surface area contributed by atoms with Gasteiger partial charge in [0.15, 0.2) is 23.4 Å². The smallest absolute Gasteiger partial charge is 0.262 e. The summed E-state index contributed by atoms with van der Waals surface area (Å²) in [4.78, 5) is 25.8. The van der Waals surface area contributed by atoms with Crippen molar-refractivity contribution in [2.45, 2.75) is 20.0 Å². The number of amides is 1. The molecule has 2 aromatic carbocycles. The SMILES string of the molecule is CCOc1cc(/C=C/C(=O)c2ccc(Cl)cc2)ccc1O[C@@H](C)C(=O)N(C)C. The molecular weight excluding hydrogens is 378 g/mol. The van der Waals surface area contributed by atoms with Crippen LogP contribution in [0.15, 0.2) is 48.5 Å². The van der Waals surface area contributed by atoms with Crippen molar-refractivity contribution in [2.75, 3.05) is 20.7 Å². The molecular formula is C22H24ClNO4. The second-order valence-electron chi connectivity index (χ2n) is 6.34.